The van der Waals surface area contributed by atoms with Gasteiger partial charge in [-0.3, -0.25) is 4.79 Å². The topological polar surface area (TPSA) is 87.5 Å². The van der Waals surface area contributed by atoms with E-state index < -0.39 is 0 Å². The largest absolute Gasteiger partial charge is 0.360 e. The summed E-state index contributed by atoms with van der Waals surface area (Å²) < 4.78 is 4.90. The molecule has 2 aromatic rings. The van der Waals surface area contributed by atoms with E-state index in [0.717, 1.165) is 12.8 Å². The van der Waals surface area contributed by atoms with Crippen LogP contribution in [0.4, 0.5) is 16.3 Å². The Morgan fingerprint density at radius 1 is 1.28 bits per heavy atom. The molecule has 0 saturated heterocycles. The summed E-state index contributed by atoms with van der Waals surface area (Å²) in [5, 5.41) is 9.60. The number of carbonyl (C=O) groups is 2. The van der Waals surface area contributed by atoms with E-state index in [9.17, 15) is 9.59 Å². The number of unbranched alkanes of at least 4 members (excludes halogenated alkanes) is 1. The second kappa shape index (κ2) is 9.08. The van der Waals surface area contributed by atoms with Crippen LogP contribution in [-0.2, 0) is 4.79 Å². The highest BCUT2D eigenvalue weighted by Crippen LogP contribution is 2.15. The van der Waals surface area contributed by atoms with Crippen molar-refractivity contribution in [2.24, 2.45) is 0 Å². The maximum Gasteiger partial charge on any atom is 0.322 e. The van der Waals surface area contributed by atoms with Gasteiger partial charge in [-0.15, -0.1) is 0 Å². The normalized spacial score (nSPS) is 10.4. The van der Waals surface area contributed by atoms with E-state index in [-0.39, 0.29) is 18.5 Å². The highest BCUT2D eigenvalue weighted by molar-refractivity contribution is 6.30. The van der Waals surface area contributed by atoms with Gasteiger partial charge in [-0.2, -0.15) is 0 Å². The summed E-state index contributed by atoms with van der Waals surface area (Å²) in [4.78, 5) is 26.1. The number of hydrogen-bond donors (Lipinski definition) is 2. The number of aryl methyl sites for hydroxylation is 1. The predicted octanol–water partition coefficient (Wildman–Crippen LogP) is 3.91. The summed E-state index contributed by atoms with van der Waals surface area (Å²) in [7, 11) is 0. The standard InChI is InChI=1S/C17H21ClN4O3/c1-3-4-8-22(11-16(23)20-15-9-12(2)25-21-15)17(24)19-14-7-5-6-13(18)10-14/h5-7,9-10H,3-4,8,11H2,1-2H3,(H,19,24)(H,20,21,23). The molecule has 1 heterocycles. The Bertz CT molecular complexity index is 732. The molecule has 1 aromatic carbocycles. The van der Waals surface area contributed by atoms with Gasteiger partial charge in [-0.25, -0.2) is 4.79 Å². The zero-order chi connectivity index (χ0) is 18.2. The van der Waals surface area contributed by atoms with Gasteiger partial charge in [-0.1, -0.05) is 36.2 Å². The van der Waals surface area contributed by atoms with Crippen LogP contribution in [0.15, 0.2) is 34.9 Å². The first kappa shape index (κ1) is 18.8. The Hall–Kier alpha value is -2.54. The number of aromatic nitrogens is 1. The first-order valence-corrected chi connectivity index (χ1v) is 8.40. The number of amides is 3. The molecular formula is C17H21ClN4O3. The highest BCUT2D eigenvalue weighted by atomic mass is 35.5. The Balaban J connectivity index is 1.98. The number of nitrogens with one attached hydrogen (secondary N) is 2. The van der Waals surface area contributed by atoms with Crippen molar-refractivity contribution in [1.29, 1.82) is 0 Å². The molecule has 0 aliphatic rings. The van der Waals surface area contributed by atoms with Crippen LogP contribution in [0.1, 0.15) is 25.5 Å². The van der Waals surface area contributed by atoms with E-state index in [1.807, 2.05) is 6.92 Å². The molecule has 0 radical (unpaired) electrons. The summed E-state index contributed by atoms with van der Waals surface area (Å²) in [6.07, 6.45) is 1.70. The van der Waals surface area contributed by atoms with E-state index in [4.69, 9.17) is 16.1 Å². The molecule has 1 aromatic heterocycles. The number of carbonyl (C=O) groups excluding carboxylic acids is 2. The Morgan fingerprint density at radius 3 is 2.72 bits per heavy atom. The molecule has 0 aliphatic carbocycles. The van der Waals surface area contributed by atoms with E-state index in [1.165, 1.54) is 4.90 Å². The molecule has 0 unspecified atom stereocenters. The molecule has 25 heavy (non-hydrogen) atoms. The lowest BCUT2D eigenvalue weighted by Crippen LogP contribution is -2.41. The molecule has 0 spiro atoms. The maximum absolute atomic E-state index is 12.5. The summed E-state index contributed by atoms with van der Waals surface area (Å²) in [6.45, 7) is 4.13. The summed E-state index contributed by atoms with van der Waals surface area (Å²) in [5.41, 5.74) is 0.575. The third-order valence-electron chi connectivity index (χ3n) is 3.37. The van der Waals surface area contributed by atoms with Gasteiger partial charge in [0.05, 0.1) is 0 Å². The third-order valence-corrected chi connectivity index (χ3v) is 3.61. The quantitative estimate of drug-likeness (QED) is 0.779. The lowest BCUT2D eigenvalue weighted by molar-refractivity contribution is -0.116. The van der Waals surface area contributed by atoms with Crippen molar-refractivity contribution in [3.63, 3.8) is 0 Å². The van der Waals surface area contributed by atoms with Crippen molar-refractivity contribution >= 4 is 35.0 Å². The van der Waals surface area contributed by atoms with Crippen LogP contribution in [0, 0.1) is 6.92 Å². The number of halogens is 1. The number of rotatable bonds is 7. The van der Waals surface area contributed by atoms with E-state index in [1.54, 1.807) is 37.3 Å². The predicted molar refractivity (Wildman–Crippen MR) is 96.8 cm³/mol. The monoisotopic (exact) mass is 364 g/mol. The molecule has 7 nitrogen and oxygen atoms in total. The van der Waals surface area contributed by atoms with Gasteiger partial charge in [0.25, 0.3) is 0 Å². The van der Waals surface area contributed by atoms with Gasteiger partial charge in [0.2, 0.25) is 5.91 Å². The molecule has 0 aliphatic heterocycles. The minimum absolute atomic E-state index is 0.0850. The van der Waals surface area contributed by atoms with Crippen molar-refractivity contribution in [2.75, 3.05) is 23.7 Å². The van der Waals surface area contributed by atoms with Crippen LogP contribution in [0.3, 0.4) is 0 Å². The molecule has 3 amide bonds. The van der Waals surface area contributed by atoms with E-state index in [2.05, 4.69) is 15.8 Å². The first-order valence-electron chi connectivity index (χ1n) is 8.02. The fourth-order valence-electron chi connectivity index (χ4n) is 2.15. The van der Waals surface area contributed by atoms with Crippen molar-refractivity contribution < 1.29 is 14.1 Å². The molecule has 0 fully saturated rings. The maximum atomic E-state index is 12.5. The lowest BCUT2D eigenvalue weighted by Gasteiger charge is -2.22. The SMILES string of the molecule is CCCCN(CC(=O)Nc1cc(C)on1)C(=O)Nc1cccc(Cl)c1. The van der Waals surface area contributed by atoms with Crippen LogP contribution < -0.4 is 10.6 Å². The second-order valence-electron chi connectivity index (χ2n) is 5.59. The van der Waals surface area contributed by atoms with Gasteiger partial charge in [0.15, 0.2) is 5.82 Å². The number of hydrogen-bond acceptors (Lipinski definition) is 4. The van der Waals surface area contributed by atoms with Crippen molar-refractivity contribution in [2.45, 2.75) is 26.7 Å². The average Bonchev–Trinajstić information content (AvgIpc) is 2.96. The first-order chi connectivity index (χ1) is 12.0. The van der Waals surface area contributed by atoms with Gasteiger partial charge >= 0.3 is 6.03 Å². The summed E-state index contributed by atoms with van der Waals surface area (Å²) >= 11 is 5.92. The molecular weight excluding hydrogens is 344 g/mol. The fraction of sp³-hybridized carbons (Fsp3) is 0.353. The highest BCUT2D eigenvalue weighted by Gasteiger charge is 2.18. The van der Waals surface area contributed by atoms with E-state index in [0.29, 0.717) is 28.8 Å². The fourth-order valence-corrected chi connectivity index (χ4v) is 2.34. The van der Waals surface area contributed by atoms with E-state index >= 15 is 0 Å². The molecule has 2 N–H and O–H groups in total. The van der Waals surface area contributed by atoms with Gasteiger partial charge < -0.3 is 20.1 Å². The molecule has 134 valence electrons. The zero-order valence-corrected chi connectivity index (χ0v) is 15.0. The lowest BCUT2D eigenvalue weighted by atomic mass is 10.3. The van der Waals surface area contributed by atoms with Gasteiger partial charge in [-0.05, 0) is 31.5 Å². The molecule has 0 bridgehead atoms. The van der Waals surface area contributed by atoms with Crippen LogP contribution in [0.25, 0.3) is 0 Å². The van der Waals surface area contributed by atoms with Crippen molar-refractivity contribution in [3.05, 3.63) is 41.1 Å². The smallest absolute Gasteiger partial charge is 0.322 e. The molecule has 2 rings (SSSR count). The third kappa shape index (κ3) is 6.11. The Labute approximate surface area is 151 Å². The second-order valence-corrected chi connectivity index (χ2v) is 6.02. The number of benzene rings is 1. The zero-order valence-electron chi connectivity index (χ0n) is 14.2. The van der Waals surface area contributed by atoms with Crippen LogP contribution in [0.5, 0.6) is 0 Å². The number of urea groups is 1. The minimum atomic E-state index is -0.359. The molecule has 8 heteroatoms. The minimum Gasteiger partial charge on any atom is -0.360 e. The number of anilines is 2. The van der Waals surface area contributed by atoms with Crippen LogP contribution >= 0.6 is 11.6 Å². The molecule has 0 atom stereocenters. The van der Waals surface area contributed by atoms with Crippen molar-refractivity contribution in [3.8, 4) is 0 Å². The Kier molecular flexibility index (Phi) is 6.82. The van der Waals surface area contributed by atoms with Gasteiger partial charge in [0.1, 0.15) is 12.3 Å². The van der Waals surface area contributed by atoms with Crippen LogP contribution in [-0.4, -0.2) is 35.1 Å². The Morgan fingerprint density at radius 2 is 2.08 bits per heavy atom. The van der Waals surface area contributed by atoms with Crippen LogP contribution in [0.2, 0.25) is 5.02 Å². The van der Waals surface area contributed by atoms with Crippen molar-refractivity contribution in [1.82, 2.24) is 10.1 Å². The van der Waals surface area contributed by atoms with Gasteiger partial charge in [0, 0.05) is 23.3 Å². The summed E-state index contributed by atoms with van der Waals surface area (Å²) in [6, 6.07) is 8.10. The molecule has 0 saturated carbocycles. The average molecular weight is 365 g/mol. The summed E-state index contributed by atoms with van der Waals surface area (Å²) in [5.74, 6) is 0.579. The number of nitrogens with zero attached hydrogens (tertiary/aromatic N) is 2.